The minimum absolute atomic E-state index is 0.149. The number of piperazine rings is 1. The van der Waals surface area contributed by atoms with Gasteiger partial charge in [-0.3, -0.25) is 9.59 Å². The van der Waals surface area contributed by atoms with E-state index in [1.54, 1.807) is 0 Å². The molecule has 3 saturated heterocycles. The molecule has 0 aliphatic carbocycles. The van der Waals surface area contributed by atoms with Crippen LogP contribution in [0.3, 0.4) is 0 Å². The summed E-state index contributed by atoms with van der Waals surface area (Å²) in [6, 6.07) is 12.8. The molecular formula is C24H29N3O2. The Morgan fingerprint density at radius 1 is 1.00 bits per heavy atom. The van der Waals surface area contributed by atoms with Gasteiger partial charge in [0.05, 0.1) is 0 Å². The third kappa shape index (κ3) is 3.26. The average molecular weight is 392 g/mol. The summed E-state index contributed by atoms with van der Waals surface area (Å²) in [6.07, 6.45) is 4.40. The van der Waals surface area contributed by atoms with Crippen LogP contribution in [0.5, 0.6) is 0 Å². The van der Waals surface area contributed by atoms with Gasteiger partial charge in [0, 0.05) is 61.3 Å². The first-order valence-corrected chi connectivity index (χ1v) is 11.0. The molecule has 3 aliphatic heterocycles. The lowest BCUT2D eigenvalue weighted by atomic mass is 10.0. The number of anilines is 1. The van der Waals surface area contributed by atoms with Crippen molar-refractivity contribution in [1.29, 1.82) is 0 Å². The molecule has 0 aromatic heterocycles. The van der Waals surface area contributed by atoms with Crippen molar-refractivity contribution in [2.45, 2.75) is 38.6 Å². The predicted molar refractivity (Wildman–Crippen MR) is 115 cm³/mol. The molecule has 2 aromatic rings. The van der Waals surface area contributed by atoms with Crippen LogP contribution in [0, 0.1) is 5.92 Å². The van der Waals surface area contributed by atoms with E-state index in [4.69, 9.17) is 0 Å². The zero-order valence-corrected chi connectivity index (χ0v) is 17.1. The van der Waals surface area contributed by atoms with E-state index in [0.717, 1.165) is 62.9 Å². The van der Waals surface area contributed by atoms with Gasteiger partial charge in [-0.1, -0.05) is 25.1 Å². The number of carbonyl (C=O) groups is 2. The van der Waals surface area contributed by atoms with Crippen LogP contribution in [0.2, 0.25) is 0 Å². The molecule has 2 unspecified atom stereocenters. The van der Waals surface area contributed by atoms with E-state index in [-0.39, 0.29) is 11.8 Å². The van der Waals surface area contributed by atoms with E-state index in [2.05, 4.69) is 34.1 Å². The van der Waals surface area contributed by atoms with Crippen LogP contribution < -0.4 is 4.90 Å². The minimum Gasteiger partial charge on any atom is -0.367 e. The number of benzene rings is 2. The predicted octanol–water partition coefficient (Wildman–Crippen LogP) is 3.52. The van der Waals surface area contributed by atoms with Gasteiger partial charge in [-0.25, -0.2) is 0 Å². The SMILES string of the molecule is CC1CC2CN(c3cccc4cc(C(=O)N5CCCCC5)ccc34)CCN2C1=O. The Morgan fingerprint density at radius 2 is 1.83 bits per heavy atom. The first-order chi connectivity index (χ1) is 14.1. The fourth-order valence-electron chi connectivity index (χ4n) is 5.31. The highest BCUT2D eigenvalue weighted by Gasteiger charge is 2.40. The fraction of sp³-hybridized carbons (Fsp3) is 0.500. The van der Waals surface area contributed by atoms with Gasteiger partial charge < -0.3 is 14.7 Å². The van der Waals surface area contributed by atoms with Crippen LogP contribution in [0.1, 0.15) is 43.0 Å². The topological polar surface area (TPSA) is 43.9 Å². The van der Waals surface area contributed by atoms with Crippen molar-refractivity contribution < 1.29 is 9.59 Å². The van der Waals surface area contributed by atoms with Crippen molar-refractivity contribution in [3.8, 4) is 0 Å². The Balaban J connectivity index is 1.41. The van der Waals surface area contributed by atoms with E-state index in [1.165, 1.54) is 17.5 Å². The normalized spacial score (nSPS) is 24.9. The van der Waals surface area contributed by atoms with E-state index >= 15 is 0 Å². The molecule has 0 radical (unpaired) electrons. The molecule has 5 rings (SSSR count). The first kappa shape index (κ1) is 18.5. The zero-order chi connectivity index (χ0) is 20.0. The number of hydrogen-bond acceptors (Lipinski definition) is 3. The molecule has 5 heteroatoms. The summed E-state index contributed by atoms with van der Waals surface area (Å²) in [5.41, 5.74) is 2.00. The van der Waals surface area contributed by atoms with Gasteiger partial charge in [0.1, 0.15) is 0 Å². The van der Waals surface area contributed by atoms with Crippen molar-refractivity contribution in [2.75, 3.05) is 37.6 Å². The lowest BCUT2D eigenvalue weighted by Gasteiger charge is -2.39. The maximum absolute atomic E-state index is 12.9. The highest BCUT2D eigenvalue weighted by atomic mass is 16.2. The van der Waals surface area contributed by atoms with Crippen LogP contribution in [0.15, 0.2) is 36.4 Å². The summed E-state index contributed by atoms with van der Waals surface area (Å²) in [5, 5.41) is 2.30. The second-order valence-electron chi connectivity index (χ2n) is 8.83. The Morgan fingerprint density at radius 3 is 2.66 bits per heavy atom. The van der Waals surface area contributed by atoms with Crippen LogP contribution in [0.25, 0.3) is 10.8 Å². The standard InChI is InChI=1S/C24H29N3O2/c1-17-14-20-16-26(12-13-27(20)23(17)28)22-7-5-6-18-15-19(8-9-21(18)22)24(29)25-10-3-2-4-11-25/h5-9,15,17,20H,2-4,10-14,16H2,1H3. The highest BCUT2D eigenvalue weighted by Crippen LogP contribution is 2.33. The van der Waals surface area contributed by atoms with Crippen LogP contribution in [-0.4, -0.2) is 60.4 Å². The molecule has 2 atom stereocenters. The summed E-state index contributed by atoms with van der Waals surface area (Å²) < 4.78 is 0. The van der Waals surface area contributed by atoms with Crippen LogP contribution in [0.4, 0.5) is 5.69 Å². The summed E-state index contributed by atoms with van der Waals surface area (Å²) in [7, 11) is 0. The molecule has 3 aliphatic rings. The molecule has 29 heavy (non-hydrogen) atoms. The number of carbonyl (C=O) groups excluding carboxylic acids is 2. The second-order valence-corrected chi connectivity index (χ2v) is 8.83. The molecule has 0 saturated carbocycles. The van der Waals surface area contributed by atoms with Crippen molar-refractivity contribution in [2.24, 2.45) is 5.92 Å². The Labute approximate surface area is 172 Å². The van der Waals surface area contributed by atoms with Crippen molar-refractivity contribution >= 4 is 28.3 Å². The van der Waals surface area contributed by atoms with Crippen LogP contribution in [-0.2, 0) is 4.79 Å². The maximum atomic E-state index is 12.9. The van der Waals surface area contributed by atoms with Gasteiger partial charge in [-0.2, -0.15) is 0 Å². The molecule has 5 nitrogen and oxygen atoms in total. The highest BCUT2D eigenvalue weighted by molar-refractivity contribution is 6.02. The number of amides is 2. The second kappa shape index (κ2) is 7.36. The molecule has 0 bridgehead atoms. The van der Waals surface area contributed by atoms with Gasteiger partial charge in [-0.05, 0) is 49.3 Å². The summed E-state index contributed by atoms with van der Waals surface area (Å²) in [6.45, 7) is 6.35. The molecule has 3 fully saturated rings. The quantitative estimate of drug-likeness (QED) is 0.787. The van der Waals surface area contributed by atoms with E-state index in [0.29, 0.717) is 11.9 Å². The van der Waals surface area contributed by atoms with Crippen molar-refractivity contribution in [3.63, 3.8) is 0 Å². The molecule has 2 aromatic carbocycles. The molecule has 2 amide bonds. The number of hydrogen-bond donors (Lipinski definition) is 0. The fourth-order valence-corrected chi connectivity index (χ4v) is 5.31. The molecule has 3 heterocycles. The van der Waals surface area contributed by atoms with Crippen molar-refractivity contribution in [1.82, 2.24) is 9.80 Å². The largest absolute Gasteiger partial charge is 0.367 e. The Kier molecular flexibility index (Phi) is 4.69. The monoisotopic (exact) mass is 391 g/mol. The number of fused-ring (bicyclic) bond motifs is 2. The molecule has 0 spiro atoms. The number of likely N-dealkylation sites (tertiary alicyclic amines) is 1. The lowest BCUT2D eigenvalue weighted by molar-refractivity contribution is -0.131. The molecule has 152 valence electrons. The third-order valence-corrected chi connectivity index (χ3v) is 6.90. The third-order valence-electron chi connectivity index (χ3n) is 6.90. The smallest absolute Gasteiger partial charge is 0.253 e. The van der Waals surface area contributed by atoms with Gasteiger partial charge in [-0.15, -0.1) is 0 Å². The van der Waals surface area contributed by atoms with E-state index in [1.807, 2.05) is 24.0 Å². The maximum Gasteiger partial charge on any atom is 0.253 e. The van der Waals surface area contributed by atoms with Gasteiger partial charge in [0.15, 0.2) is 0 Å². The Bertz CT molecular complexity index is 950. The van der Waals surface area contributed by atoms with Gasteiger partial charge in [0.2, 0.25) is 5.91 Å². The summed E-state index contributed by atoms with van der Waals surface area (Å²) in [5.74, 6) is 0.619. The number of nitrogens with zero attached hydrogens (tertiary/aromatic N) is 3. The average Bonchev–Trinajstić information content (AvgIpc) is 3.06. The minimum atomic E-state index is 0.149. The van der Waals surface area contributed by atoms with Crippen LogP contribution >= 0.6 is 0 Å². The van der Waals surface area contributed by atoms with E-state index in [9.17, 15) is 9.59 Å². The van der Waals surface area contributed by atoms with Gasteiger partial charge in [0.25, 0.3) is 5.91 Å². The molecular weight excluding hydrogens is 362 g/mol. The zero-order valence-electron chi connectivity index (χ0n) is 17.1. The van der Waals surface area contributed by atoms with Crippen molar-refractivity contribution in [3.05, 3.63) is 42.0 Å². The molecule has 0 N–H and O–H groups in total. The number of piperidine rings is 1. The number of rotatable bonds is 2. The summed E-state index contributed by atoms with van der Waals surface area (Å²) in [4.78, 5) is 31.7. The van der Waals surface area contributed by atoms with Gasteiger partial charge >= 0.3 is 0 Å². The first-order valence-electron chi connectivity index (χ1n) is 11.0. The Hall–Kier alpha value is -2.56. The van der Waals surface area contributed by atoms with E-state index < -0.39 is 0 Å². The summed E-state index contributed by atoms with van der Waals surface area (Å²) >= 11 is 0. The lowest BCUT2D eigenvalue weighted by Crippen LogP contribution is -2.51.